The van der Waals surface area contributed by atoms with Gasteiger partial charge in [-0.2, -0.15) is 0 Å². The molecule has 2 aromatic carbocycles. The summed E-state index contributed by atoms with van der Waals surface area (Å²) in [5, 5.41) is 5.66. The van der Waals surface area contributed by atoms with Gasteiger partial charge in [-0.05, 0) is 95.1 Å². The quantitative estimate of drug-likeness (QED) is 0.533. The second-order valence-corrected chi connectivity index (χ2v) is 10.8. The van der Waals surface area contributed by atoms with Crippen molar-refractivity contribution in [3.63, 3.8) is 0 Å². The maximum atomic E-state index is 12.6. The molecule has 1 saturated carbocycles. The van der Waals surface area contributed by atoms with Gasteiger partial charge in [0.25, 0.3) is 0 Å². The first-order chi connectivity index (χ1) is 15.0. The first-order valence-corrected chi connectivity index (χ1v) is 11.8. The van der Waals surface area contributed by atoms with E-state index in [-0.39, 0.29) is 30.4 Å². The van der Waals surface area contributed by atoms with Crippen LogP contribution in [0.2, 0.25) is 0 Å². The number of hydrogen-bond donors (Lipinski definition) is 1. The molecule has 0 amide bonds. The van der Waals surface area contributed by atoms with Gasteiger partial charge >= 0.3 is 13.1 Å². The molecule has 0 unspecified atom stereocenters. The molecular formula is C26H36BNO4. The number of rotatable bonds is 6. The summed E-state index contributed by atoms with van der Waals surface area (Å²) in [6, 6.07) is 12.7. The van der Waals surface area contributed by atoms with Gasteiger partial charge in [0, 0.05) is 6.54 Å². The van der Waals surface area contributed by atoms with Gasteiger partial charge in [0.2, 0.25) is 0 Å². The highest BCUT2D eigenvalue weighted by molar-refractivity contribution is 6.62. The molecule has 32 heavy (non-hydrogen) atoms. The Morgan fingerprint density at radius 3 is 2.28 bits per heavy atom. The molecule has 172 valence electrons. The van der Waals surface area contributed by atoms with Crippen molar-refractivity contribution in [1.29, 1.82) is 0 Å². The summed E-state index contributed by atoms with van der Waals surface area (Å²) in [5.74, 6) is -0.169. The predicted octanol–water partition coefficient (Wildman–Crippen LogP) is 4.49. The maximum absolute atomic E-state index is 12.6. The Labute approximate surface area is 192 Å². The standard InChI is InChI=1S/C26H36BNO4/c1-24(2,23(29)30-22-9-7-8-10-22)28-17-18-11-12-20-16-21(14-13-19(20)15-18)27-31-25(3,4)26(5,6)32-27/h11-16,22,28H,7-10,17H2,1-6H3. The van der Waals surface area contributed by atoms with Crippen molar-refractivity contribution in [3.8, 4) is 0 Å². The van der Waals surface area contributed by atoms with Gasteiger partial charge < -0.3 is 14.0 Å². The molecule has 0 spiro atoms. The predicted molar refractivity (Wildman–Crippen MR) is 129 cm³/mol. The molecule has 6 heteroatoms. The molecule has 2 fully saturated rings. The minimum atomic E-state index is -0.724. The Morgan fingerprint density at radius 1 is 1.03 bits per heavy atom. The number of esters is 1. The van der Waals surface area contributed by atoms with E-state index in [1.807, 2.05) is 13.8 Å². The highest BCUT2D eigenvalue weighted by atomic mass is 16.7. The average Bonchev–Trinajstić information content (AvgIpc) is 3.31. The lowest BCUT2D eigenvalue weighted by atomic mass is 9.78. The fourth-order valence-electron chi connectivity index (χ4n) is 4.25. The van der Waals surface area contributed by atoms with Crippen molar-refractivity contribution >= 4 is 29.3 Å². The van der Waals surface area contributed by atoms with E-state index in [9.17, 15) is 4.79 Å². The third-order valence-electron chi connectivity index (χ3n) is 7.27. The maximum Gasteiger partial charge on any atom is 0.494 e. The Morgan fingerprint density at radius 2 is 1.62 bits per heavy atom. The largest absolute Gasteiger partial charge is 0.494 e. The van der Waals surface area contributed by atoms with Crippen molar-refractivity contribution in [2.75, 3.05) is 0 Å². The van der Waals surface area contributed by atoms with Gasteiger partial charge in [-0.25, -0.2) is 0 Å². The van der Waals surface area contributed by atoms with E-state index < -0.39 is 5.54 Å². The van der Waals surface area contributed by atoms with Crippen LogP contribution < -0.4 is 10.8 Å². The van der Waals surface area contributed by atoms with E-state index >= 15 is 0 Å². The third-order valence-corrected chi connectivity index (χ3v) is 7.27. The van der Waals surface area contributed by atoms with Gasteiger partial charge in [-0.3, -0.25) is 10.1 Å². The van der Waals surface area contributed by atoms with Crippen LogP contribution in [0.5, 0.6) is 0 Å². The van der Waals surface area contributed by atoms with Crippen molar-refractivity contribution < 1.29 is 18.8 Å². The number of ether oxygens (including phenoxy) is 1. The van der Waals surface area contributed by atoms with E-state index in [2.05, 4.69) is 69.4 Å². The van der Waals surface area contributed by atoms with Crippen LogP contribution in [0, 0.1) is 0 Å². The molecular weight excluding hydrogens is 401 g/mol. The molecule has 0 bridgehead atoms. The molecule has 1 N–H and O–H groups in total. The normalized spacial score (nSPS) is 20.8. The lowest BCUT2D eigenvalue weighted by Crippen LogP contribution is -2.48. The Bertz CT molecular complexity index is 978. The summed E-state index contributed by atoms with van der Waals surface area (Å²) >= 11 is 0. The molecule has 5 nitrogen and oxygen atoms in total. The van der Waals surface area contributed by atoms with Crippen molar-refractivity contribution in [1.82, 2.24) is 5.32 Å². The van der Waals surface area contributed by atoms with Crippen LogP contribution in [0.4, 0.5) is 0 Å². The average molecular weight is 437 g/mol. The van der Waals surface area contributed by atoms with Crippen molar-refractivity contribution in [2.45, 2.75) is 96.6 Å². The van der Waals surface area contributed by atoms with Crippen LogP contribution in [-0.4, -0.2) is 35.9 Å². The van der Waals surface area contributed by atoms with Crippen LogP contribution >= 0.6 is 0 Å². The molecule has 4 rings (SSSR count). The van der Waals surface area contributed by atoms with Gasteiger partial charge in [0.1, 0.15) is 11.6 Å². The summed E-state index contributed by atoms with van der Waals surface area (Å²) in [5.41, 5.74) is 0.723. The number of benzene rings is 2. The van der Waals surface area contributed by atoms with Crippen LogP contribution in [0.1, 0.15) is 72.8 Å². The van der Waals surface area contributed by atoms with Crippen LogP contribution in [-0.2, 0) is 25.4 Å². The highest BCUT2D eigenvalue weighted by Crippen LogP contribution is 2.36. The molecule has 1 aliphatic carbocycles. The number of nitrogens with one attached hydrogen (secondary N) is 1. The fraction of sp³-hybridized carbons (Fsp3) is 0.577. The summed E-state index contributed by atoms with van der Waals surface area (Å²) in [6.07, 6.45) is 4.36. The Kier molecular flexibility index (Phi) is 6.16. The van der Waals surface area contributed by atoms with E-state index in [1.54, 1.807) is 0 Å². The number of carbonyl (C=O) groups is 1. The monoisotopic (exact) mass is 437 g/mol. The highest BCUT2D eigenvalue weighted by Gasteiger charge is 2.51. The second kappa shape index (κ2) is 8.47. The van der Waals surface area contributed by atoms with Crippen LogP contribution in [0.15, 0.2) is 36.4 Å². The molecule has 1 heterocycles. The number of fused-ring (bicyclic) bond motifs is 1. The van der Waals surface area contributed by atoms with Gasteiger partial charge in [-0.15, -0.1) is 0 Å². The topological polar surface area (TPSA) is 56.8 Å². The molecule has 0 radical (unpaired) electrons. The van der Waals surface area contributed by atoms with E-state index in [0.717, 1.165) is 47.5 Å². The first kappa shape index (κ1) is 23.3. The number of hydrogen-bond acceptors (Lipinski definition) is 5. The summed E-state index contributed by atoms with van der Waals surface area (Å²) < 4.78 is 18.1. The fourth-order valence-corrected chi connectivity index (χ4v) is 4.25. The van der Waals surface area contributed by atoms with Crippen molar-refractivity contribution in [2.24, 2.45) is 0 Å². The molecule has 1 saturated heterocycles. The second-order valence-electron chi connectivity index (χ2n) is 10.8. The molecule has 0 atom stereocenters. The lowest BCUT2D eigenvalue weighted by Gasteiger charge is -2.32. The lowest BCUT2D eigenvalue weighted by molar-refractivity contribution is -0.155. The Balaban J connectivity index is 1.42. The zero-order chi connectivity index (χ0) is 23.1. The zero-order valence-electron chi connectivity index (χ0n) is 20.3. The first-order valence-electron chi connectivity index (χ1n) is 11.8. The SMILES string of the molecule is CC(C)(NCc1ccc2cc(B3OC(C)(C)C(C)(C)O3)ccc2c1)C(=O)OC1CCCC1. The van der Waals surface area contributed by atoms with Gasteiger partial charge in [-0.1, -0.05) is 30.3 Å². The smallest absolute Gasteiger partial charge is 0.461 e. The minimum absolute atomic E-state index is 0.0856. The molecule has 1 aliphatic heterocycles. The summed E-state index contributed by atoms with van der Waals surface area (Å²) in [6.45, 7) is 12.7. The molecule has 2 aromatic rings. The third kappa shape index (κ3) is 4.73. The van der Waals surface area contributed by atoms with E-state index in [0.29, 0.717) is 6.54 Å². The van der Waals surface area contributed by atoms with Crippen LogP contribution in [0.25, 0.3) is 10.8 Å². The zero-order valence-corrected chi connectivity index (χ0v) is 20.3. The van der Waals surface area contributed by atoms with E-state index in [4.69, 9.17) is 14.0 Å². The van der Waals surface area contributed by atoms with E-state index in [1.165, 1.54) is 0 Å². The molecule has 2 aliphatic rings. The number of carbonyl (C=O) groups excluding carboxylic acids is 1. The summed E-state index contributed by atoms with van der Waals surface area (Å²) in [7, 11) is -0.363. The molecule has 0 aromatic heterocycles. The van der Waals surface area contributed by atoms with Crippen molar-refractivity contribution in [3.05, 3.63) is 42.0 Å². The van der Waals surface area contributed by atoms with Crippen LogP contribution in [0.3, 0.4) is 0 Å². The summed E-state index contributed by atoms with van der Waals surface area (Å²) in [4.78, 5) is 12.6. The van der Waals surface area contributed by atoms with Gasteiger partial charge in [0.05, 0.1) is 11.2 Å². The Hall–Kier alpha value is -1.89. The van der Waals surface area contributed by atoms with Gasteiger partial charge in [0.15, 0.2) is 0 Å². The minimum Gasteiger partial charge on any atom is -0.461 e.